The van der Waals surface area contributed by atoms with Crippen LogP contribution in [0.15, 0.2) is 42.5 Å². The lowest BCUT2D eigenvalue weighted by Crippen LogP contribution is -2.31. The summed E-state index contributed by atoms with van der Waals surface area (Å²) in [5.74, 6) is 0.427. The van der Waals surface area contributed by atoms with Crippen molar-refractivity contribution in [2.75, 3.05) is 13.7 Å². The minimum absolute atomic E-state index is 0.00703. The van der Waals surface area contributed by atoms with Crippen LogP contribution in [-0.4, -0.2) is 29.4 Å². The van der Waals surface area contributed by atoms with E-state index in [1.807, 2.05) is 32.0 Å². The minimum Gasteiger partial charge on any atom is -0.483 e. The van der Waals surface area contributed by atoms with Crippen LogP contribution in [0.1, 0.15) is 16.7 Å². The zero-order valence-electron chi connectivity index (χ0n) is 14.0. The third-order valence-corrected chi connectivity index (χ3v) is 3.72. The number of hydrogen-bond donors (Lipinski definition) is 0. The van der Waals surface area contributed by atoms with Gasteiger partial charge in [0.05, 0.1) is 11.5 Å². The van der Waals surface area contributed by atoms with Crippen LogP contribution >= 0.6 is 0 Å². The third kappa shape index (κ3) is 4.32. The molecule has 6 heteroatoms. The van der Waals surface area contributed by atoms with Crippen LogP contribution < -0.4 is 4.74 Å². The second-order valence-corrected chi connectivity index (χ2v) is 5.69. The number of nitrogens with zero attached hydrogens (tertiary/aromatic N) is 2. The van der Waals surface area contributed by atoms with E-state index in [2.05, 4.69) is 0 Å². The van der Waals surface area contributed by atoms with E-state index in [4.69, 9.17) is 4.74 Å². The van der Waals surface area contributed by atoms with Crippen LogP contribution in [-0.2, 0) is 11.3 Å². The first-order chi connectivity index (χ1) is 11.4. The van der Waals surface area contributed by atoms with Gasteiger partial charge in [-0.3, -0.25) is 14.9 Å². The highest BCUT2D eigenvalue weighted by molar-refractivity contribution is 5.77. The van der Waals surface area contributed by atoms with Crippen molar-refractivity contribution in [2.24, 2.45) is 0 Å². The quantitative estimate of drug-likeness (QED) is 0.603. The Morgan fingerprint density at radius 2 is 1.92 bits per heavy atom. The summed E-state index contributed by atoms with van der Waals surface area (Å²) in [6.07, 6.45) is 0. The van der Waals surface area contributed by atoms with E-state index in [9.17, 15) is 14.9 Å². The van der Waals surface area contributed by atoms with E-state index >= 15 is 0 Å². The zero-order chi connectivity index (χ0) is 17.7. The molecule has 6 nitrogen and oxygen atoms in total. The Bertz CT molecular complexity index is 758. The first kappa shape index (κ1) is 17.5. The maximum absolute atomic E-state index is 12.2. The minimum atomic E-state index is -0.444. The molecule has 0 aliphatic rings. The fourth-order valence-corrected chi connectivity index (χ4v) is 2.28. The molecule has 0 radical (unpaired) electrons. The lowest BCUT2D eigenvalue weighted by molar-refractivity contribution is -0.385. The number of amides is 1. The number of para-hydroxylation sites is 1. The van der Waals surface area contributed by atoms with Gasteiger partial charge >= 0.3 is 0 Å². The van der Waals surface area contributed by atoms with Crippen LogP contribution in [0.2, 0.25) is 0 Å². The molecule has 24 heavy (non-hydrogen) atoms. The highest BCUT2D eigenvalue weighted by atomic mass is 16.6. The van der Waals surface area contributed by atoms with Crippen LogP contribution in [0.3, 0.4) is 0 Å². The van der Waals surface area contributed by atoms with E-state index in [0.717, 1.165) is 11.1 Å². The molecule has 2 rings (SSSR count). The molecule has 0 N–H and O–H groups in total. The highest BCUT2D eigenvalue weighted by Gasteiger charge is 2.17. The summed E-state index contributed by atoms with van der Waals surface area (Å²) < 4.78 is 5.59. The number of hydrogen-bond acceptors (Lipinski definition) is 4. The van der Waals surface area contributed by atoms with Crippen molar-refractivity contribution in [1.29, 1.82) is 0 Å². The first-order valence-electron chi connectivity index (χ1n) is 7.55. The number of likely N-dealkylation sites (N-methyl/N-ethyl adjacent to an activating group) is 1. The summed E-state index contributed by atoms with van der Waals surface area (Å²) >= 11 is 0. The standard InChI is InChI=1S/C18H20N2O4/c1-13-8-9-14(2)17(10-13)24-12-18(21)19(3)11-15-6-4-5-7-16(15)20(22)23/h4-10H,11-12H2,1-3H3. The van der Waals surface area contributed by atoms with E-state index < -0.39 is 4.92 Å². The number of carbonyl (C=O) groups is 1. The SMILES string of the molecule is Cc1ccc(C)c(OCC(=O)N(C)Cc2ccccc2[N+](=O)[O-])c1. The van der Waals surface area contributed by atoms with Gasteiger partial charge in [-0.2, -0.15) is 0 Å². The van der Waals surface area contributed by atoms with Crippen molar-refractivity contribution >= 4 is 11.6 Å². The lowest BCUT2D eigenvalue weighted by Gasteiger charge is -2.18. The summed E-state index contributed by atoms with van der Waals surface area (Å²) in [5, 5.41) is 11.0. The molecular formula is C18H20N2O4. The average molecular weight is 328 g/mol. The average Bonchev–Trinajstić information content (AvgIpc) is 2.55. The van der Waals surface area contributed by atoms with Crippen molar-refractivity contribution in [3.63, 3.8) is 0 Å². The summed E-state index contributed by atoms with van der Waals surface area (Å²) in [5.41, 5.74) is 2.50. The number of carbonyl (C=O) groups excluding carboxylic acids is 1. The van der Waals surface area contributed by atoms with Crippen molar-refractivity contribution in [2.45, 2.75) is 20.4 Å². The Hall–Kier alpha value is -2.89. The molecule has 0 saturated carbocycles. The summed E-state index contributed by atoms with van der Waals surface area (Å²) in [7, 11) is 1.60. The van der Waals surface area contributed by atoms with Gasteiger partial charge in [0.1, 0.15) is 5.75 Å². The Kier molecular flexibility index (Phi) is 5.52. The van der Waals surface area contributed by atoms with Gasteiger partial charge in [0.25, 0.3) is 11.6 Å². The predicted octanol–water partition coefficient (Wildman–Crippen LogP) is 3.25. The number of nitro groups is 1. The monoisotopic (exact) mass is 328 g/mol. The molecule has 2 aromatic carbocycles. The lowest BCUT2D eigenvalue weighted by atomic mass is 10.1. The molecule has 0 spiro atoms. The van der Waals surface area contributed by atoms with Crippen LogP contribution in [0.25, 0.3) is 0 Å². The number of nitro benzene ring substituents is 1. The number of benzene rings is 2. The second kappa shape index (κ2) is 7.59. The maximum atomic E-state index is 12.2. The molecule has 0 atom stereocenters. The molecular weight excluding hydrogens is 308 g/mol. The van der Waals surface area contributed by atoms with E-state index in [0.29, 0.717) is 11.3 Å². The third-order valence-electron chi connectivity index (χ3n) is 3.72. The molecule has 0 heterocycles. The van der Waals surface area contributed by atoms with Crippen LogP contribution in [0, 0.1) is 24.0 Å². The molecule has 0 aromatic heterocycles. The van der Waals surface area contributed by atoms with Crippen LogP contribution in [0.4, 0.5) is 5.69 Å². The molecule has 0 unspecified atom stereocenters. The largest absolute Gasteiger partial charge is 0.483 e. The molecule has 0 aliphatic heterocycles. The fourth-order valence-electron chi connectivity index (χ4n) is 2.28. The van der Waals surface area contributed by atoms with E-state index in [-0.39, 0.29) is 24.7 Å². The number of aryl methyl sites for hydroxylation is 2. The summed E-state index contributed by atoms with van der Waals surface area (Å²) in [6.45, 7) is 3.92. The van der Waals surface area contributed by atoms with Gasteiger partial charge in [-0.15, -0.1) is 0 Å². The van der Waals surface area contributed by atoms with Gasteiger partial charge in [0, 0.05) is 18.7 Å². The number of ether oxygens (including phenoxy) is 1. The molecule has 126 valence electrons. The molecule has 0 aliphatic carbocycles. The predicted molar refractivity (Wildman–Crippen MR) is 91.0 cm³/mol. The van der Waals surface area contributed by atoms with Gasteiger partial charge in [0.2, 0.25) is 0 Å². The summed E-state index contributed by atoms with van der Waals surface area (Å²) in [4.78, 5) is 24.2. The Morgan fingerprint density at radius 3 is 2.62 bits per heavy atom. The maximum Gasteiger partial charge on any atom is 0.274 e. The zero-order valence-corrected chi connectivity index (χ0v) is 14.0. The molecule has 1 amide bonds. The molecule has 0 fully saturated rings. The van der Waals surface area contributed by atoms with Gasteiger partial charge in [-0.25, -0.2) is 0 Å². The molecule has 0 saturated heterocycles. The van der Waals surface area contributed by atoms with Gasteiger partial charge in [-0.1, -0.05) is 30.3 Å². The van der Waals surface area contributed by atoms with Crippen molar-refractivity contribution in [1.82, 2.24) is 4.90 Å². The van der Waals surface area contributed by atoms with Gasteiger partial charge < -0.3 is 9.64 Å². The topological polar surface area (TPSA) is 72.7 Å². The fraction of sp³-hybridized carbons (Fsp3) is 0.278. The van der Waals surface area contributed by atoms with Crippen molar-refractivity contribution in [3.8, 4) is 5.75 Å². The highest BCUT2D eigenvalue weighted by Crippen LogP contribution is 2.20. The Balaban J connectivity index is 2.00. The molecule has 0 bridgehead atoms. The first-order valence-corrected chi connectivity index (χ1v) is 7.55. The van der Waals surface area contributed by atoms with Gasteiger partial charge in [0.15, 0.2) is 6.61 Å². The Labute approximate surface area is 140 Å². The van der Waals surface area contributed by atoms with Crippen molar-refractivity contribution < 1.29 is 14.5 Å². The van der Waals surface area contributed by atoms with Gasteiger partial charge in [-0.05, 0) is 31.0 Å². The van der Waals surface area contributed by atoms with Crippen LogP contribution in [0.5, 0.6) is 5.75 Å². The van der Waals surface area contributed by atoms with Crippen molar-refractivity contribution in [3.05, 3.63) is 69.3 Å². The normalized spacial score (nSPS) is 10.3. The number of rotatable bonds is 6. The Morgan fingerprint density at radius 1 is 1.21 bits per heavy atom. The summed E-state index contributed by atoms with van der Waals surface area (Å²) in [6, 6.07) is 12.2. The van der Waals surface area contributed by atoms with E-state index in [1.54, 1.807) is 25.2 Å². The van der Waals surface area contributed by atoms with E-state index in [1.165, 1.54) is 11.0 Å². The second-order valence-electron chi connectivity index (χ2n) is 5.69. The smallest absolute Gasteiger partial charge is 0.274 e. The molecule has 2 aromatic rings.